The molecule has 0 radical (unpaired) electrons. The number of allylic oxidation sites excluding steroid dienone is 2. The van der Waals surface area contributed by atoms with Crippen molar-refractivity contribution in [3.63, 3.8) is 0 Å². The Morgan fingerprint density at radius 1 is 0.514 bits per heavy atom. The molecule has 2 atom stereocenters. The van der Waals surface area contributed by atoms with Crippen molar-refractivity contribution in [3.05, 3.63) is 130 Å². The zero-order valence-corrected chi connectivity index (χ0v) is 23.5. The van der Waals surface area contributed by atoms with Gasteiger partial charge in [-0.1, -0.05) is 147 Å². The number of hydrogen-bond acceptors (Lipinski definition) is 0. The van der Waals surface area contributed by atoms with E-state index in [1.807, 2.05) is 0 Å². The first-order chi connectivity index (χ1) is 18.0. The Morgan fingerprint density at radius 2 is 0.919 bits per heavy atom. The topological polar surface area (TPSA) is 0 Å². The van der Waals surface area contributed by atoms with Crippen LogP contribution in [0.2, 0.25) is 13.1 Å². The van der Waals surface area contributed by atoms with Crippen LogP contribution in [0.25, 0.3) is 34.4 Å². The van der Waals surface area contributed by atoms with E-state index in [2.05, 4.69) is 136 Å². The Hall–Kier alpha value is -3.42. The number of benzene rings is 4. The molecule has 0 nitrogen and oxygen atoms in total. The van der Waals surface area contributed by atoms with E-state index in [1.165, 1.54) is 33.4 Å². The van der Waals surface area contributed by atoms with Gasteiger partial charge in [-0.2, -0.15) is 0 Å². The van der Waals surface area contributed by atoms with Crippen LogP contribution >= 0.6 is 0 Å². The molecule has 0 N–H and O–H groups in total. The van der Waals surface area contributed by atoms with Gasteiger partial charge in [0, 0.05) is 11.1 Å². The molecule has 0 aliphatic heterocycles. The molecule has 2 aliphatic rings. The van der Waals surface area contributed by atoms with Gasteiger partial charge in [-0.25, -0.2) is 0 Å². The zero-order chi connectivity index (χ0) is 25.6. The van der Waals surface area contributed by atoms with Crippen LogP contribution < -0.4 is 0 Å². The quantitative estimate of drug-likeness (QED) is 0.233. The van der Waals surface area contributed by atoms with E-state index in [-0.39, 0.29) is 0 Å². The minimum Gasteiger partial charge on any atom is -0.0679 e. The Bertz CT molecular complexity index is 1390. The lowest BCUT2D eigenvalue weighted by Gasteiger charge is -2.40. The highest BCUT2D eigenvalue weighted by molar-refractivity contribution is 6.81. The van der Waals surface area contributed by atoms with Gasteiger partial charge in [0.15, 0.2) is 0 Å². The highest BCUT2D eigenvalue weighted by atomic mass is 28.3. The van der Waals surface area contributed by atoms with E-state index in [0.717, 1.165) is 12.8 Å². The third-order valence-corrected chi connectivity index (χ3v) is 13.1. The molecule has 4 aromatic rings. The van der Waals surface area contributed by atoms with Gasteiger partial charge in [0.05, 0.1) is 8.07 Å². The average Bonchev–Trinajstić information content (AvgIpc) is 3.53. The molecule has 0 aromatic heterocycles. The van der Waals surface area contributed by atoms with E-state index in [4.69, 9.17) is 0 Å². The van der Waals surface area contributed by atoms with E-state index in [0.29, 0.717) is 11.1 Å². The smallest absolute Gasteiger partial charge is 0.0679 e. The Labute approximate surface area is 223 Å². The fourth-order valence-electron chi connectivity index (χ4n) is 7.20. The van der Waals surface area contributed by atoms with Gasteiger partial charge in [0.1, 0.15) is 0 Å². The molecule has 37 heavy (non-hydrogen) atoms. The molecule has 0 spiro atoms. The summed E-state index contributed by atoms with van der Waals surface area (Å²) in [6.45, 7) is 10.0. The molecule has 0 bridgehead atoms. The predicted octanol–water partition coefficient (Wildman–Crippen LogP) is 10.3. The van der Waals surface area contributed by atoms with Gasteiger partial charge < -0.3 is 0 Å². The normalized spacial score (nSPS) is 18.3. The SMILES string of the molecule is CCC1=Cc2c(-c3ccccc3)cccc2C1[Si](C)(C)C1C(CC)=Cc2c(-c3ccccc3)cccc21. The van der Waals surface area contributed by atoms with Crippen LogP contribution in [0.5, 0.6) is 0 Å². The summed E-state index contributed by atoms with van der Waals surface area (Å²) in [5, 5.41) is 0. The molecule has 6 rings (SSSR count). The highest BCUT2D eigenvalue weighted by Crippen LogP contribution is 2.55. The maximum absolute atomic E-state index is 2.66. The molecule has 2 unspecified atom stereocenters. The lowest BCUT2D eigenvalue weighted by molar-refractivity contribution is 0.898. The van der Waals surface area contributed by atoms with E-state index < -0.39 is 8.07 Å². The highest BCUT2D eigenvalue weighted by Gasteiger charge is 2.48. The fourth-order valence-corrected chi connectivity index (χ4v) is 12.1. The standard InChI is InChI=1S/C36H36Si/c1-5-25-23-33-29(27-15-9-7-10-16-27)19-13-21-31(33)35(25)37(3,4)36-26(6-2)24-34-30(20-14-22-32(34)36)28-17-11-8-12-18-28/h7-24,35-36H,5-6H2,1-4H3. The Morgan fingerprint density at radius 3 is 1.30 bits per heavy atom. The molecular formula is C36H36Si. The molecule has 0 amide bonds. The number of hydrogen-bond donors (Lipinski definition) is 0. The summed E-state index contributed by atoms with van der Waals surface area (Å²) in [6, 6.07) is 35.9. The summed E-state index contributed by atoms with van der Waals surface area (Å²) in [5.41, 5.74) is 15.7. The maximum atomic E-state index is 2.66. The molecular weight excluding hydrogens is 460 g/mol. The van der Waals surface area contributed by atoms with Gasteiger partial charge in [-0.3, -0.25) is 0 Å². The predicted molar refractivity (Wildman–Crippen MR) is 163 cm³/mol. The van der Waals surface area contributed by atoms with Crippen LogP contribution in [-0.2, 0) is 0 Å². The largest absolute Gasteiger partial charge is 0.0722 e. The van der Waals surface area contributed by atoms with Gasteiger partial charge in [0.25, 0.3) is 0 Å². The average molecular weight is 497 g/mol. The summed E-state index contributed by atoms with van der Waals surface area (Å²) in [7, 11) is -1.89. The third-order valence-electron chi connectivity index (χ3n) is 8.78. The third kappa shape index (κ3) is 3.88. The van der Waals surface area contributed by atoms with Crippen molar-refractivity contribution in [2.75, 3.05) is 0 Å². The van der Waals surface area contributed by atoms with Crippen LogP contribution in [0.3, 0.4) is 0 Å². The van der Waals surface area contributed by atoms with Gasteiger partial charge in [-0.05, 0) is 57.3 Å². The minimum absolute atomic E-state index is 0.530. The monoisotopic (exact) mass is 496 g/mol. The second kappa shape index (κ2) is 9.47. The summed E-state index contributed by atoms with van der Waals surface area (Å²) in [6.07, 6.45) is 7.31. The summed E-state index contributed by atoms with van der Waals surface area (Å²) in [5.74, 6) is 0. The van der Waals surface area contributed by atoms with Crippen molar-refractivity contribution in [1.82, 2.24) is 0 Å². The van der Waals surface area contributed by atoms with Crippen molar-refractivity contribution in [2.24, 2.45) is 0 Å². The molecule has 0 saturated carbocycles. The second-order valence-electron chi connectivity index (χ2n) is 11.2. The van der Waals surface area contributed by atoms with Crippen molar-refractivity contribution in [2.45, 2.75) is 50.9 Å². The second-order valence-corrected chi connectivity index (χ2v) is 16.0. The molecule has 0 fully saturated rings. The molecule has 2 aliphatic carbocycles. The lowest BCUT2D eigenvalue weighted by atomic mass is 9.97. The van der Waals surface area contributed by atoms with Crippen LogP contribution in [0.1, 0.15) is 60.0 Å². The lowest BCUT2D eigenvalue weighted by Crippen LogP contribution is -2.42. The van der Waals surface area contributed by atoms with E-state index in [9.17, 15) is 0 Å². The van der Waals surface area contributed by atoms with Gasteiger partial charge >= 0.3 is 0 Å². The minimum atomic E-state index is -1.89. The molecule has 0 saturated heterocycles. The first kappa shape index (κ1) is 23.9. The number of rotatable bonds is 6. The van der Waals surface area contributed by atoms with Crippen LogP contribution in [0, 0.1) is 0 Å². The van der Waals surface area contributed by atoms with Crippen molar-refractivity contribution in [3.8, 4) is 22.3 Å². The Kier molecular flexibility index (Phi) is 6.13. The summed E-state index contributed by atoms with van der Waals surface area (Å²) >= 11 is 0. The Balaban J connectivity index is 1.49. The fraction of sp³-hybridized carbons (Fsp3) is 0.222. The summed E-state index contributed by atoms with van der Waals surface area (Å²) in [4.78, 5) is 0. The maximum Gasteiger partial charge on any atom is 0.0722 e. The summed E-state index contributed by atoms with van der Waals surface area (Å²) < 4.78 is 0. The first-order valence-electron chi connectivity index (χ1n) is 13.8. The van der Waals surface area contributed by atoms with E-state index >= 15 is 0 Å². The number of fused-ring (bicyclic) bond motifs is 2. The molecule has 4 aromatic carbocycles. The van der Waals surface area contributed by atoms with E-state index in [1.54, 1.807) is 22.3 Å². The first-order valence-corrected chi connectivity index (χ1v) is 17.0. The van der Waals surface area contributed by atoms with Crippen LogP contribution in [0.4, 0.5) is 0 Å². The van der Waals surface area contributed by atoms with Crippen molar-refractivity contribution in [1.29, 1.82) is 0 Å². The van der Waals surface area contributed by atoms with Crippen LogP contribution in [0.15, 0.2) is 108 Å². The molecule has 184 valence electrons. The van der Waals surface area contributed by atoms with Gasteiger partial charge in [-0.15, -0.1) is 0 Å². The van der Waals surface area contributed by atoms with Crippen molar-refractivity contribution < 1.29 is 0 Å². The van der Waals surface area contributed by atoms with Gasteiger partial charge in [0.2, 0.25) is 0 Å². The zero-order valence-electron chi connectivity index (χ0n) is 22.5. The molecule has 0 heterocycles. The molecule has 1 heteroatoms. The van der Waals surface area contributed by atoms with Crippen LogP contribution in [-0.4, -0.2) is 8.07 Å². The van der Waals surface area contributed by atoms with Crippen molar-refractivity contribution >= 4 is 20.2 Å².